The normalized spacial score (nSPS) is 17.0. The van der Waals surface area contributed by atoms with Gasteiger partial charge in [0.15, 0.2) is 0 Å². The summed E-state index contributed by atoms with van der Waals surface area (Å²) in [6, 6.07) is 10.5. The highest BCUT2D eigenvalue weighted by atomic mass is 79.9. The average Bonchev–Trinajstić information content (AvgIpc) is 3.27. The first-order chi connectivity index (χ1) is 12.9. The fourth-order valence-electron chi connectivity index (χ4n) is 3.17. The molecule has 1 atom stereocenters. The van der Waals surface area contributed by atoms with E-state index in [0.29, 0.717) is 34.7 Å². The number of carbonyl (C=O) groups excluding carboxylic acids is 1. The third-order valence-corrected chi connectivity index (χ3v) is 5.50. The van der Waals surface area contributed by atoms with E-state index in [2.05, 4.69) is 26.1 Å². The van der Waals surface area contributed by atoms with Crippen molar-refractivity contribution in [3.05, 3.63) is 63.7 Å². The van der Waals surface area contributed by atoms with Gasteiger partial charge in [0, 0.05) is 24.2 Å². The quantitative estimate of drug-likeness (QED) is 0.601. The third kappa shape index (κ3) is 3.39. The number of aryl methyl sites for hydroxylation is 2. The first-order valence-corrected chi connectivity index (χ1v) is 9.38. The van der Waals surface area contributed by atoms with Crippen LogP contribution >= 0.6 is 15.9 Å². The Morgan fingerprint density at radius 3 is 2.74 bits per heavy atom. The minimum atomic E-state index is -0.354. The van der Waals surface area contributed by atoms with Gasteiger partial charge in [-0.2, -0.15) is 4.98 Å². The largest absolute Gasteiger partial charge is 0.339 e. The Labute approximate surface area is 164 Å². The van der Waals surface area contributed by atoms with Crippen LogP contribution in [0.4, 0.5) is 10.1 Å². The number of carbonyl (C=O) groups is 1. The fourth-order valence-corrected chi connectivity index (χ4v) is 3.55. The SMILES string of the molecule is Cc1ccc(N2CC(c3nc(-c4ccc(F)c(Br)c4)no3)CC2=O)cc1C. The van der Waals surface area contributed by atoms with Gasteiger partial charge < -0.3 is 9.42 Å². The van der Waals surface area contributed by atoms with Crippen molar-refractivity contribution in [2.24, 2.45) is 0 Å². The predicted octanol–water partition coefficient (Wildman–Crippen LogP) is 4.78. The zero-order chi connectivity index (χ0) is 19.1. The molecule has 2 heterocycles. The van der Waals surface area contributed by atoms with Crippen LogP contribution in [0.25, 0.3) is 11.4 Å². The molecule has 1 aromatic heterocycles. The minimum Gasteiger partial charge on any atom is -0.339 e. The Kier molecular flexibility index (Phi) is 4.55. The molecule has 27 heavy (non-hydrogen) atoms. The van der Waals surface area contributed by atoms with Gasteiger partial charge in [-0.25, -0.2) is 4.39 Å². The van der Waals surface area contributed by atoms with E-state index in [9.17, 15) is 9.18 Å². The Bertz CT molecular complexity index is 1030. The highest BCUT2D eigenvalue weighted by Crippen LogP contribution is 2.33. The van der Waals surface area contributed by atoms with Crippen molar-refractivity contribution in [2.45, 2.75) is 26.2 Å². The van der Waals surface area contributed by atoms with Gasteiger partial charge in [-0.3, -0.25) is 4.79 Å². The monoisotopic (exact) mass is 429 g/mol. The zero-order valence-electron chi connectivity index (χ0n) is 14.9. The molecule has 4 rings (SSSR count). The molecule has 7 heteroatoms. The summed E-state index contributed by atoms with van der Waals surface area (Å²) in [5.41, 5.74) is 3.86. The Morgan fingerprint density at radius 1 is 1.19 bits per heavy atom. The van der Waals surface area contributed by atoms with Crippen molar-refractivity contribution in [3.8, 4) is 11.4 Å². The lowest BCUT2D eigenvalue weighted by Crippen LogP contribution is -2.24. The lowest BCUT2D eigenvalue weighted by atomic mass is 10.1. The second kappa shape index (κ2) is 6.88. The molecular formula is C20H17BrFN3O2. The molecule has 1 unspecified atom stereocenters. The summed E-state index contributed by atoms with van der Waals surface area (Å²) in [6.07, 6.45) is 0.321. The third-order valence-electron chi connectivity index (χ3n) is 4.90. The summed E-state index contributed by atoms with van der Waals surface area (Å²) in [5, 5.41) is 3.99. The molecule has 1 aliphatic rings. The van der Waals surface area contributed by atoms with Crippen LogP contribution in [-0.4, -0.2) is 22.6 Å². The summed E-state index contributed by atoms with van der Waals surface area (Å²) in [7, 11) is 0. The Balaban J connectivity index is 1.56. The summed E-state index contributed by atoms with van der Waals surface area (Å²) in [6.45, 7) is 4.57. The van der Waals surface area contributed by atoms with E-state index < -0.39 is 0 Å². The van der Waals surface area contributed by atoms with Crippen molar-refractivity contribution in [2.75, 3.05) is 11.4 Å². The summed E-state index contributed by atoms with van der Waals surface area (Å²) in [5.74, 6) is 0.317. The van der Waals surface area contributed by atoms with Gasteiger partial charge in [-0.1, -0.05) is 11.2 Å². The van der Waals surface area contributed by atoms with Crippen LogP contribution in [0.1, 0.15) is 29.4 Å². The number of benzene rings is 2. The highest BCUT2D eigenvalue weighted by molar-refractivity contribution is 9.10. The van der Waals surface area contributed by atoms with Gasteiger partial charge in [-0.05, 0) is 71.2 Å². The Morgan fingerprint density at radius 2 is 2.00 bits per heavy atom. The van der Waals surface area contributed by atoms with Gasteiger partial charge in [-0.15, -0.1) is 0 Å². The van der Waals surface area contributed by atoms with Crippen LogP contribution in [0.5, 0.6) is 0 Å². The topological polar surface area (TPSA) is 59.2 Å². The van der Waals surface area contributed by atoms with E-state index in [0.717, 1.165) is 11.3 Å². The number of halogens is 2. The molecule has 2 aromatic carbocycles. The van der Waals surface area contributed by atoms with E-state index >= 15 is 0 Å². The van der Waals surface area contributed by atoms with Crippen molar-refractivity contribution in [1.82, 2.24) is 10.1 Å². The van der Waals surface area contributed by atoms with E-state index in [1.807, 2.05) is 32.0 Å². The lowest BCUT2D eigenvalue weighted by Gasteiger charge is -2.17. The Hall–Kier alpha value is -2.54. The average molecular weight is 430 g/mol. The molecule has 0 bridgehead atoms. The summed E-state index contributed by atoms with van der Waals surface area (Å²) >= 11 is 3.16. The minimum absolute atomic E-state index is 0.0347. The predicted molar refractivity (Wildman–Crippen MR) is 103 cm³/mol. The summed E-state index contributed by atoms with van der Waals surface area (Å²) in [4.78, 5) is 18.7. The molecule has 1 amide bonds. The number of aromatic nitrogens is 2. The van der Waals surface area contributed by atoms with Crippen LogP contribution in [0.15, 0.2) is 45.4 Å². The lowest BCUT2D eigenvalue weighted by molar-refractivity contribution is -0.117. The number of amides is 1. The number of nitrogens with zero attached hydrogens (tertiary/aromatic N) is 3. The molecule has 0 aliphatic carbocycles. The first-order valence-electron chi connectivity index (χ1n) is 8.59. The van der Waals surface area contributed by atoms with Gasteiger partial charge >= 0.3 is 0 Å². The van der Waals surface area contributed by atoms with Crippen molar-refractivity contribution in [1.29, 1.82) is 0 Å². The van der Waals surface area contributed by atoms with Crippen LogP contribution in [0, 0.1) is 19.7 Å². The smallest absolute Gasteiger partial charge is 0.232 e. The van der Waals surface area contributed by atoms with Crippen LogP contribution < -0.4 is 4.90 Å². The van der Waals surface area contributed by atoms with Gasteiger partial charge in [0.25, 0.3) is 0 Å². The molecule has 138 valence electrons. The molecule has 0 saturated carbocycles. The van der Waals surface area contributed by atoms with E-state index in [-0.39, 0.29) is 17.6 Å². The van der Waals surface area contributed by atoms with Gasteiger partial charge in [0.1, 0.15) is 5.82 Å². The zero-order valence-corrected chi connectivity index (χ0v) is 16.5. The molecule has 0 N–H and O–H groups in total. The molecule has 3 aromatic rings. The standard InChI is InChI=1S/C20H17BrFN3O2/c1-11-3-5-15(7-12(11)2)25-10-14(9-18(25)26)20-23-19(24-27-20)13-4-6-17(22)16(21)8-13/h3-8,14H,9-10H2,1-2H3. The fraction of sp³-hybridized carbons (Fsp3) is 0.250. The van der Waals surface area contributed by atoms with E-state index in [4.69, 9.17) is 4.52 Å². The van der Waals surface area contributed by atoms with Crippen LogP contribution in [-0.2, 0) is 4.79 Å². The molecule has 5 nitrogen and oxygen atoms in total. The second-order valence-corrected chi connectivity index (χ2v) is 7.61. The highest BCUT2D eigenvalue weighted by Gasteiger charge is 2.35. The maximum absolute atomic E-state index is 13.4. The van der Waals surface area contributed by atoms with Crippen molar-refractivity contribution in [3.63, 3.8) is 0 Å². The molecule has 1 fully saturated rings. The maximum atomic E-state index is 13.4. The second-order valence-electron chi connectivity index (χ2n) is 6.76. The van der Waals surface area contributed by atoms with Gasteiger partial charge in [0.05, 0.1) is 10.4 Å². The number of rotatable bonds is 3. The molecular weight excluding hydrogens is 413 g/mol. The summed E-state index contributed by atoms with van der Waals surface area (Å²) < 4.78 is 19.1. The van der Waals surface area contributed by atoms with Crippen molar-refractivity contribution < 1.29 is 13.7 Å². The van der Waals surface area contributed by atoms with Gasteiger partial charge in [0.2, 0.25) is 17.6 Å². The molecule has 0 radical (unpaired) electrons. The van der Waals surface area contributed by atoms with Crippen LogP contribution in [0.3, 0.4) is 0 Å². The molecule has 0 spiro atoms. The first kappa shape index (κ1) is 17.9. The number of anilines is 1. The van der Waals surface area contributed by atoms with Crippen LogP contribution in [0.2, 0.25) is 0 Å². The van der Waals surface area contributed by atoms with E-state index in [1.54, 1.807) is 17.0 Å². The number of hydrogen-bond acceptors (Lipinski definition) is 4. The maximum Gasteiger partial charge on any atom is 0.232 e. The van der Waals surface area contributed by atoms with E-state index in [1.165, 1.54) is 11.6 Å². The molecule has 1 aliphatic heterocycles. The molecule has 1 saturated heterocycles. The number of hydrogen-bond donors (Lipinski definition) is 0. The van der Waals surface area contributed by atoms with Crippen molar-refractivity contribution >= 4 is 27.5 Å².